The van der Waals surface area contributed by atoms with Crippen LogP contribution in [0.1, 0.15) is 19.4 Å². The summed E-state index contributed by atoms with van der Waals surface area (Å²) in [6.45, 7) is 5.66. The average Bonchev–Trinajstić information content (AvgIpc) is 2.88. The molecule has 0 radical (unpaired) electrons. The van der Waals surface area contributed by atoms with Crippen molar-refractivity contribution in [3.8, 4) is 0 Å². The second-order valence-electron chi connectivity index (χ2n) is 4.78. The van der Waals surface area contributed by atoms with E-state index >= 15 is 0 Å². The van der Waals surface area contributed by atoms with Crippen LogP contribution in [-0.4, -0.2) is 43.0 Å². The third-order valence-corrected chi connectivity index (χ3v) is 3.48. The molecule has 1 heterocycles. The van der Waals surface area contributed by atoms with E-state index in [0.29, 0.717) is 19.6 Å². The molecule has 108 valence electrons. The summed E-state index contributed by atoms with van der Waals surface area (Å²) >= 11 is 0. The van der Waals surface area contributed by atoms with Crippen LogP contribution in [0.15, 0.2) is 24.3 Å². The van der Waals surface area contributed by atoms with Gasteiger partial charge in [0, 0.05) is 25.3 Å². The Labute approximate surface area is 119 Å². The molecule has 0 aromatic heterocycles. The summed E-state index contributed by atoms with van der Waals surface area (Å²) in [4.78, 5) is 27.5. The van der Waals surface area contributed by atoms with Crippen LogP contribution in [0.25, 0.3) is 0 Å². The topological polar surface area (TPSA) is 52.7 Å². The molecule has 0 aliphatic carbocycles. The van der Waals surface area contributed by atoms with Crippen molar-refractivity contribution >= 4 is 17.6 Å². The summed E-state index contributed by atoms with van der Waals surface area (Å²) in [7, 11) is 0. The maximum Gasteiger partial charge on any atom is 0.324 e. The largest absolute Gasteiger partial charge is 0.355 e. The number of hydrogen-bond acceptors (Lipinski definition) is 2. The van der Waals surface area contributed by atoms with Crippen LogP contribution in [0.3, 0.4) is 0 Å². The van der Waals surface area contributed by atoms with Crippen molar-refractivity contribution in [2.75, 3.05) is 31.1 Å². The van der Waals surface area contributed by atoms with E-state index in [1.807, 2.05) is 38.1 Å². The van der Waals surface area contributed by atoms with E-state index in [0.717, 1.165) is 12.1 Å². The van der Waals surface area contributed by atoms with Crippen LogP contribution < -0.4 is 10.2 Å². The maximum absolute atomic E-state index is 12.6. The number of anilines is 1. The Morgan fingerprint density at radius 3 is 2.75 bits per heavy atom. The van der Waals surface area contributed by atoms with Crippen LogP contribution in [-0.2, 0) is 11.2 Å². The van der Waals surface area contributed by atoms with Gasteiger partial charge in [0.1, 0.15) is 6.54 Å². The van der Waals surface area contributed by atoms with Crippen LogP contribution in [0.5, 0.6) is 0 Å². The first-order valence-corrected chi connectivity index (χ1v) is 7.08. The van der Waals surface area contributed by atoms with E-state index in [4.69, 9.17) is 0 Å². The van der Waals surface area contributed by atoms with Crippen molar-refractivity contribution < 1.29 is 9.59 Å². The summed E-state index contributed by atoms with van der Waals surface area (Å²) in [6, 6.07) is 7.83. The van der Waals surface area contributed by atoms with Crippen molar-refractivity contribution in [1.29, 1.82) is 0 Å². The Balaban J connectivity index is 2.08. The molecule has 0 saturated carbocycles. The second-order valence-corrected chi connectivity index (χ2v) is 4.78. The van der Waals surface area contributed by atoms with E-state index in [1.165, 1.54) is 5.56 Å². The normalized spacial score (nSPS) is 13.0. The fraction of sp³-hybridized carbons (Fsp3) is 0.467. The first-order chi connectivity index (χ1) is 9.67. The SMILES string of the molecule is CCNC(=O)CN(CC)C(=O)N1CCc2ccccc21. The second kappa shape index (κ2) is 6.41. The zero-order valence-corrected chi connectivity index (χ0v) is 12.1. The molecule has 1 N–H and O–H groups in total. The molecule has 1 aromatic rings. The van der Waals surface area contributed by atoms with Gasteiger partial charge in [-0.1, -0.05) is 18.2 Å². The van der Waals surface area contributed by atoms with Gasteiger partial charge in [-0.2, -0.15) is 0 Å². The van der Waals surface area contributed by atoms with Crippen molar-refractivity contribution in [2.45, 2.75) is 20.3 Å². The van der Waals surface area contributed by atoms with Gasteiger partial charge < -0.3 is 10.2 Å². The van der Waals surface area contributed by atoms with Gasteiger partial charge in [-0.15, -0.1) is 0 Å². The molecule has 0 atom stereocenters. The number of benzene rings is 1. The van der Waals surface area contributed by atoms with E-state index < -0.39 is 0 Å². The summed E-state index contributed by atoms with van der Waals surface area (Å²) in [5.74, 6) is -0.116. The molecule has 0 spiro atoms. The Morgan fingerprint density at radius 1 is 1.30 bits per heavy atom. The van der Waals surface area contributed by atoms with Gasteiger partial charge in [0.05, 0.1) is 0 Å². The summed E-state index contributed by atoms with van der Waals surface area (Å²) in [6.07, 6.45) is 0.876. The van der Waals surface area contributed by atoms with E-state index in [1.54, 1.807) is 9.80 Å². The standard InChI is InChI=1S/C15H21N3O2/c1-3-16-14(19)11-17(4-2)15(20)18-10-9-12-7-5-6-8-13(12)18/h5-8H,3-4,9-11H2,1-2H3,(H,16,19). The zero-order valence-electron chi connectivity index (χ0n) is 12.1. The molecule has 3 amide bonds. The van der Waals surface area contributed by atoms with Gasteiger partial charge in [-0.3, -0.25) is 9.69 Å². The molecular weight excluding hydrogens is 254 g/mol. The zero-order chi connectivity index (χ0) is 14.5. The van der Waals surface area contributed by atoms with Gasteiger partial charge >= 0.3 is 6.03 Å². The molecular formula is C15H21N3O2. The molecule has 5 nitrogen and oxygen atoms in total. The van der Waals surface area contributed by atoms with Crippen molar-refractivity contribution in [1.82, 2.24) is 10.2 Å². The van der Waals surface area contributed by atoms with E-state index in [-0.39, 0.29) is 18.5 Å². The summed E-state index contributed by atoms with van der Waals surface area (Å²) < 4.78 is 0. The molecule has 1 aliphatic heterocycles. The third-order valence-electron chi connectivity index (χ3n) is 3.48. The van der Waals surface area contributed by atoms with Gasteiger partial charge in [0.25, 0.3) is 0 Å². The minimum Gasteiger partial charge on any atom is -0.355 e. The number of para-hydroxylation sites is 1. The number of hydrogen-bond donors (Lipinski definition) is 1. The van der Waals surface area contributed by atoms with E-state index in [2.05, 4.69) is 5.32 Å². The van der Waals surface area contributed by atoms with Crippen LogP contribution in [0, 0.1) is 0 Å². The molecule has 20 heavy (non-hydrogen) atoms. The quantitative estimate of drug-likeness (QED) is 0.908. The Hall–Kier alpha value is -2.04. The molecule has 5 heteroatoms. The van der Waals surface area contributed by atoms with Gasteiger partial charge in [0.15, 0.2) is 0 Å². The molecule has 0 bridgehead atoms. The predicted octanol–water partition coefficient (Wildman–Crippen LogP) is 1.63. The third kappa shape index (κ3) is 2.92. The van der Waals surface area contributed by atoms with E-state index in [9.17, 15) is 9.59 Å². The van der Waals surface area contributed by atoms with Crippen molar-refractivity contribution in [2.24, 2.45) is 0 Å². The predicted molar refractivity (Wildman–Crippen MR) is 78.8 cm³/mol. The van der Waals surface area contributed by atoms with Crippen molar-refractivity contribution in [3.05, 3.63) is 29.8 Å². The lowest BCUT2D eigenvalue weighted by molar-refractivity contribution is -0.121. The number of urea groups is 1. The fourth-order valence-electron chi connectivity index (χ4n) is 2.45. The average molecular weight is 275 g/mol. The minimum absolute atomic E-state index is 0.0938. The minimum atomic E-state index is -0.116. The van der Waals surface area contributed by atoms with Crippen molar-refractivity contribution in [3.63, 3.8) is 0 Å². The number of carbonyl (C=O) groups excluding carboxylic acids is 2. The first kappa shape index (κ1) is 14.4. The number of carbonyl (C=O) groups is 2. The lowest BCUT2D eigenvalue weighted by Gasteiger charge is -2.27. The molecule has 0 fully saturated rings. The Kier molecular flexibility index (Phi) is 4.61. The van der Waals surface area contributed by atoms with Crippen LogP contribution in [0.4, 0.5) is 10.5 Å². The molecule has 0 unspecified atom stereocenters. The highest BCUT2D eigenvalue weighted by atomic mass is 16.2. The Morgan fingerprint density at radius 2 is 2.05 bits per heavy atom. The van der Waals surface area contributed by atoms with Crippen LogP contribution >= 0.6 is 0 Å². The first-order valence-electron chi connectivity index (χ1n) is 7.08. The number of nitrogens with one attached hydrogen (secondary N) is 1. The highest BCUT2D eigenvalue weighted by molar-refractivity contribution is 5.96. The number of rotatable bonds is 4. The number of fused-ring (bicyclic) bond motifs is 1. The highest BCUT2D eigenvalue weighted by Gasteiger charge is 2.28. The number of likely N-dealkylation sites (N-methyl/N-ethyl adjacent to an activating group) is 2. The molecule has 2 rings (SSSR count). The lowest BCUT2D eigenvalue weighted by atomic mass is 10.2. The molecule has 0 saturated heterocycles. The van der Waals surface area contributed by atoms with Crippen LogP contribution in [0.2, 0.25) is 0 Å². The lowest BCUT2D eigenvalue weighted by Crippen LogP contribution is -2.47. The summed E-state index contributed by atoms with van der Waals surface area (Å²) in [5, 5.41) is 2.72. The number of nitrogens with zero attached hydrogens (tertiary/aromatic N) is 2. The Bertz CT molecular complexity index is 502. The summed E-state index contributed by atoms with van der Waals surface area (Å²) in [5.41, 5.74) is 2.15. The smallest absolute Gasteiger partial charge is 0.324 e. The van der Waals surface area contributed by atoms with Gasteiger partial charge in [-0.05, 0) is 31.9 Å². The molecule has 1 aromatic carbocycles. The monoisotopic (exact) mass is 275 g/mol. The van der Waals surface area contributed by atoms with Gasteiger partial charge in [0.2, 0.25) is 5.91 Å². The van der Waals surface area contributed by atoms with Gasteiger partial charge in [-0.25, -0.2) is 4.79 Å². The highest BCUT2D eigenvalue weighted by Crippen LogP contribution is 2.28. The fourth-order valence-corrected chi connectivity index (χ4v) is 2.45. The maximum atomic E-state index is 12.6. The number of amides is 3. The molecule has 1 aliphatic rings.